The molecule has 2 rings (SSSR count). The molecule has 19 heavy (non-hydrogen) atoms. The number of anilines is 1. The maximum Gasteiger partial charge on any atom is 0.139 e. The number of aliphatic hydroxyl groups is 1. The summed E-state index contributed by atoms with van der Waals surface area (Å²) in [6.45, 7) is 2.44. The van der Waals surface area contributed by atoms with Crippen LogP contribution in [0.2, 0.25) is 0 Å². The minimum Gasteiger partial charge on any atom is -0.388 e. The minimum absolute atomic E-state index is 0.00719. The Balaban J connectivity index is 2.24. The minimum atomic E-state index is -0.631. The molecule has 0 saturated heterocycles. The van der Waals surface area contributed by atoms with Gasteiger partial charge in [0.1, 0.15) is 11.7 Å². The van der Waals surface area contributed by atoms with Gasteiger partial charge in [0, 0.05) is 19.3 Å². The first-order valence-corrected chi connectivity index (χ1v) is 6.67. The second kappa shape index (κ2) is 5.17. The molecule has 1 fully saturated rings. The van der Waals surface area contributed by atoms with E-state index < -0.39 is 5.60 Å². The van der Waals surface area contributed by atoms with Gasteiger partial charge >= 0.3 is 0 Å². The Labute approximate surface area is 114 Å². The second-order valence-electron chi connectivity index (χ2n) is 5.52. The maximum absolute atomic E-state index is 10.5. The van der Waals surface area contributed by atoms with Crippen LogP contribution >= 0.6 is 0 Å². The number of nitrogens with zero attached hydrogens (tertiary/aromatic N) is 2. The van der Waals surface area contributed by atoms with Crippen LogP contribution in [0, 0.1) is 12.3 Å². The zero-order valence-corrected chi connectivity index (χ0v) is 11.6. The van der Waals surface area contributed by atoms with E-state index in [-0.39, 0.29) is 5.84 Å². The Bertz CT molecular complexity index is 480. The highest BCUT2D eigenvalue weighted by Crippen LogP contribution is 2.31. The molecule has 0 radical (unpaired) electrons. The van der Waals surface area contributed by atoms with Gasteiger partial charge in [0.05, 0.1) is 11.2 Å². The standard InChI is InChI=1S/C14H22N4O/c1-10-5-6-11(12(15)16)13(17-10)18(2)9-14(19)7-3-4-8-14/h5-6,19H,3-4,7-9H2,1-2H3,(H3,15,16). The Hall–Kier alpha value is -1.62. The zero-order chi connectivity index (χ0) is 14.0. The van der Waals surface area contributed by atoms with Crippen LogP contribution < -0.4 is 10.6 Å². The molecule has 0 aliphatic heterocycles. The molecule has 5 heteroatoms. The Morgan fingerprint density at radius 1 is 1.47 bits per heavy atom. The van der Waals surface area contributed by atoms with Crippen molar-refractivity contribution in [1.29, 1.82) is 5.41 Å². The van der Waals surface area contributed by atoms with E-state index in [4.69, 9.17) is 11.1 Å². The summed E-state index contributed by atoms with van der Waals surface area (Å²) in [7, 11) is 1.89. The molecule has 5 nitrogen and oxygen atoms in total. The third-order valence-electron chi connectivity index (χ3n) is 3.73. The number of hydrogen-bond donors (Lipinski definition) is 3. The molecule has 0 amide bonds. The quantitative estimate of drug-likeness (QED) is 0.565. The molecule has 1 aliphatic rings. The lowest BCUT2D eigenvalue weighted by Gasteiger charge is -2.30. The van der Waals surface area contributed by atoms with Gasteiger partial charge in [0.2, 0.25) is 0 Å². The summed E-state index contributed by atoms with van der Waals surface area (Å²) in [6.07, 6.45) is 3.81. The van der Waals surface area contributed by atoms with Gasteiger partial charge in [0.25, 0.3) is 0 Å². The van der Waals surface area contributed by atoms with E-state index in [2.05, 4.69) is 4.98 Å². The molecule has 4 N–H and O–H groups in total. The zero-order valence-electron chi connectivity index (χ0n) is 11.6. The molecule has 1 saturated carbocycles. The predicted octanol–water partition coefficient (Wildman–Crippen LogP) is 1.42. The number of aryl methyl sites for hydroxylation is 1. The summed E-state index contributed by atoms with van der Waals surface area (Å²) < 4.78 is 0. The number of likely N-dealkylation sites (N-methyl/N-ethyl adjacent to an activating group) is 1. The number of rotatable bonds is 4. The van der Waals surface area contributed by atoms with Crippen molar-refractivity contribution in [2.45, 2.75) is 38.2 Å². The van der Waals surface area contributed by atoms with Gasteiger partial charge in [-0.2, -0.15) is 0 Å². The lowest BCUT2D eigenvalue weighted by atomic mass is 10.0. The molecule has 0 spiro atoms. The van der Waals surface area contributed by atoms with Crippen LogP contribution in [0.3, 0.4) is 0 Å². The number of nitrogens with two attached hydrogens (primary N) is 1. The van der Waals surface area contributed by atoms with Crippen molar-refractivity contribution in [3.63, 3.8) is 0 Å². The molecule has 0 aromatic carbocycles. The molecule has 1 aromatic heterocycles. The molecule has 1 aliphatic carbocycles. The third kappa shape index (κ3) is 3.04. The SMILES string of the molecule is Cc1ccc(C(=N)N)c(N(C)CC2(O)CCCC2)n1. The first kappa shape index (κ1) is 13.8. The summed E-state index contributed by atoms with van der Waals surface area (Å²) in [4.78, 5) is 6.37. The topological polar surface area (TPSA) is 86.2 Å². The number of nitrogens with one attached hydrogen (secondary N) is 1. The molecule has 0 unspecified atom stereocenters. The highest BCUT2D eigenvalue weighted by molar-refractivity contribution is 5.99. The number of pyridine rings is 1. The lowest BCUT2D eigenvalue weighted by molar-refractivity contribution is 0.0558. The van der Waals surface area contributed by atoms with E-state index in [1.54, 1.807) is 0 Å². The summed E-state index contributed by atoms with van der Waals surface area (Å²) in [6, 6.07) is 3.66. The van der Waals surface area contributed by atoms with E-state index in [0.29, 0.717) is 17.9 Å². The van der Waals surface area contributed by atoms with E-state index in [1.807, 2.05) is 31.0 Å². The van der Waals surface area contributed by atoms with Crippen molar-refractivity contribution in [2.24, 2.45) is 5.73 Å². The van der Waals surface area contributed by atoms with E-state index in [9.17, 15) is 5.11 Å². The largest absolute Gasteiger partial charge is 0.388 e. The van der Waals surface area contributed by atoms with Crippen molar-refractivity contribution in [3.8, 4) is 0 Å². The molecule has 1 aromatic rings. The van der Waals surface area contributed by atoms with Crippen LogP contribution in [0.25, 0.3) is 0 Å². The van der Waals surface area contributed by atoms with Crippen LogP contribution in [-0.2, 0) is 0 Å². The fraction of sp³-hybridized carbons (Fsp3) is 0.571. The molecular formula is C14H22N4O. The van der Waals surface area contributed by atoms with Gasteiger partial charge in [-0.15, -0.1) is 0 Å². The van der Waals surface area contributed by atoms with Gasteiger partial charge in [-0.3, -0.25) is 5.41 Å². The van der Waals surface area contributed by atoms with Crippen LogP contribution in [-0.4, -0.2) is 35.1 Å². The van der Waals surface area contributed by atoms with E-state index in [0.717, 1.165) is 31.4 Å². The fourth-order valence-electron chi connectivity index (χ4n) is 2.75. The Morgan fingerprint density at radius 3 is 2.68 bits per heavy atom. The number of aromatic nitrogens is 1. The van der Waals surface area contributed by atoms with Crippen LogP contribution in [0.4, 0.5) is 5.82 Å². The molecule has 0 bridgehead atoms. The smallest absolute Gasteiger partial charge is 0.139 e. The first-order valence-electron chi connectivity index (χ1n) is 6.67. The number of nitrogen functional groups attached to an aromatic ring is 1. The van der Waals surface area contributed by atoms with Gasteiger partial charge in [0.15, 0.2) is 0 Å². The first-order chi connectivity index (χ1) is 8.91. The number of amidine groups is 1. The van der Waals surface area contributed by atoms with Gasteiger partial charge in [-0.25, -0.2) is 4.98 Å². The summed E-state index contributed by atoms with van der Waals surface area (Å²) in [5.41, 5.74) is 6.47. The Kier molecular flexibility index (Phi) is 3.75. The van der Waals surface area contributed by atoms with Crippen LogP contribution in [0.5, 0.6) is 0 Å². The van der Waals surface area contributed by atoms with Gasteiger partial charge in [-0.05, 0) is 31.9 Å². The highest BCUT2D eigenvalue weighted by Gasteiger charge is 2.33. The molecule has 1 heterocycles. The summed E-state index contributed by atoms with van der Waals surface area (Å²) in [5.74, 6) is 0.681. The van der Waals surface area contributed by atoms with Gasteiger partial charge in [-0.1, -0.05) is 12.8 Å². The summed E-state index contributed by atoms with van der Waals surface area (Å²) >= 11 is 0. The lowest BCUT2D eigenvalue weighted by Crippen LogP contribution is -2.40. The monoisotopic (exact) mass is 262 g/mol. The maximum atomic E-state index is 10.5. The van der Waals surface area contributed by atoms with Crippen LogP contribution in [0.1, 0.15) is 36.9 Å². The predicted molar refractivity (Wildman–Crippen MR) is 76.7 cm³/mol. The van der Waals surface area contributed by atoms with Crippen molar-refractivity contribution in [3.05, 3.63) is 23.4 Å². The average molecular weight is 262 g/mol. The second-order valence-corrected chi connectivity index (χ2v) is 5.52. The van der Waals surface area contributed by atoms with E-state index in [1.165, 1.54) is 0 Å². The molecule has 0 atom stereocenters. The van der Waals surface area contributed by atoms with Crippen molar-refractivity contribution >= 4 is 11.7 Å². The molecule has 104 valence electrons. The fourth-order valence-corrected chi connectivity index (χ4v) is 2.75. The van der Waals surface area contributed by atoms with Crippen molar-refractivity contribution in [2.75, 3.05) is 18.5 Å². The highest BCUT2D eigenvalue weighted by atomic mass is 16.3. The normalized spacial score (nSPS) is 17.4. The Morgan fingerprint density at radius 2 is 2.11 bits per heavy atom. The average Bonchev–Trinajstić information content (AvgIpc) is 2.75. The van der Waals surface area contributed by atoms with Crippen LogP contribution in [0.15, 0.2) is 12.1 Å². The number of hydrogen-bond acceptors (Lipinski definition) is 4. The van der Waals surface area contributed by atoms with E-state index >= 15 is 0 Å². The van der Waals surface area contributed by atoms with Gasteiger partial charge < -0.3 is 15.7 Å². The summed E-state index contributed by atoms with van der Waals surface area (Å²) in [5, 5.41) is 18.1. The van der Waals surface area contributed by atoms with Crippen molar-refractivity contribution < 1.29 is 5.11 Å². The molecular weight excluding hydrogens is 240 g/mol. The van der Waals surface area contributed by atoms with Crippen molar-refractivity contribution in [1.82, 2.24) is 4.98 Å². The third-order valence-corrected chi connectivity index (χ3v) is 3.73.